The Hall–Kier alpha value is -0.730. The van der Waals surface area contributed by atoms with Gasteiger partial charge in [0.2, 0.25) is 0 Å². The van der Waals surface area contributed by atoms with Crippen LogP contribution in [0.15, 0.2) is 29.8 Å². The minimum absolute atomic E-state index is 0.344. The molecule has 1 aliphatic heterocycles. The van der Waals surface area contributed by atoms with Gasteiger partial charge in [-0.3, -0.25) is 0 Å². The largest absolute Gasteiger partial charge is 0.309 e. The second-order valence-corrected chi connectivity index (χ2v) is 7.77. The van der Waals surface area contributed by atoms with Gasteiger partial charge in [-0.05, 0) is 74.9 Å². The highest BCUT2D eigenvalue weighted by Crippen LogP contribution is 2.51. The molecule has 1 aromatic carbocycles. The van der Waals surface area contributed by atoms with Gasteiger partial charge in [0.15, 0.2) is 0 Å². The molecule has 0 saturated carbocycles. The Balaban J connectivity index is 1.92. The molecule has 0 aromatic heterocycles. The minimum atomic E-state index is 0.344. The highest BCUT2D eigenvalue weighted by atomic mass is 32.2. The van der Waals surface area contributed by atoms with Crippen LogP contribution in [-0.4, -0.2) is 36.0 Å². The molecule has 3 rings (SSSR count). The molecule has 0 N–H and O–H groups in total. The SMILES string of the molecule is CN(C)CCC1(C)SCCC2=C1Cc1ccccc12. The van der Waals surface area contributed by atoms with E-state index < -0.39 is 0 Å². The number of benzene rings is 1. The molecule has 1 heterocycles. The summed E-state index contributed by atoms with van der Waals surface area (Å²) in [5.41, 5.74) is 6.46. The number of allylic oxidation sites excluding steroid dienone is 1. The lowest BCUT2D eigenvalue weighted by molar-refractivity contribution is 0.383. The molecule has 2 heteroatoms. The van der Waals surface area contributed by atoms with Gasteiger partial charge in [0.25, 0.3) is 0 Å². The molecule has 19 heavy (non-hydrogen) atoms. The van der Waals surface area contributed by atoms with E-state index in [-0.39, 0.29) is 0 Å². The summed E-state index contributed by atoms with van der Waals surface area (Å²) >= 11 is 2.17. The van der Waals surface area contributed by atoms with Gasteiger partial charge >= 0.3 is 0 Å². The fourth-order valence-corrected chi connectivity index (χ4v) is 4.71. The Morgan fingerprint density at radius 1 is 1.26 bits per heavy atom. The summed E-state index contributed by atoms with van der Waals surface area (Å²) in [5.74, 6) is 1.27. The monoisotopic (exact) mass is 273 g/mol. The van der Waals surface area contributed by atoms with E-state index in [1.54, 1.807) is 16.7 Å². The van der Waals surface area contributed by atoms with Gasteiger partial charge in [0.1, 0.15) is 0 Å². The van der Waals surface area contributed by atoms with Crippen LogP contribution in [0.4, 0.5) is 0 Å². The van der Waals surface area contributed by atoms with E-state index in [4.69, 9.17) is 0 Å². The van der Waals surface area contributed by atoms with E-state index in [2.05, 4.69) is 61.9 Å². The van der Waals surface area contributed by atoms with Gasteiger partial charge in [0.05, 0.1) is 0 Å². The quantitative estimate of drug-likeness (QED) is 0.823. The summed E-state index contributed by atoms with van der Waals surface area (Å²) < 4.78 is 0.344. The lowest BCUT2D eigenvalue weighted by Crippen LogP contribution is -2.31. The molecule has 0 radical (unpaired) electrons. The first-order chi connectivity index (χ1) is 9.10. The lowest BCUT2D eigenvalue weighted by Gasteiger charge is -2.36. The molecule has 1 aromatic rings. The van der Waals surface area contributed by atoms with Crippen molar-refractivity contribution in [3.63, 3.8) is 0 Å². The fourth-order valence-electron chi connectivity index (χ4n) is 3.35. The predicted octanol–water partition coefficient (Wildman–Crippen LogP) is 3.84. The molecule has 102 valence electrons. The normalized spacial score (nSPS) is 25.7. The molecule has 0 saturated heterocycles. The maximum Gasteiger partial charge on any atom is 0.0361 e. The van der Waals surface area contributed by atoms with Crippen molar-refractivity contribution in [2.75, 3.05) is 26.4 Å². The topological polar surface area (TPSA) is 3.24 Å². The summed E-state index contributed by atoms with van der Waals surface area (Å²) in [6.45, 7) is 3.64. The van der Waals surface area contributed by atoms with E-state index in [1.807, 2.05) is 0 Å². The standard InChI is InChI=1S/C17H23NS/c1-17(9-10-18(2)3)16-12-13-6-4-5-7-14(13)15(16)8-11-19-17/h4-7H,8-12H2,1-3H3. The van der Waals surface area contributed by atoms with E-state index in [0.717, 1.165) is 0 Å². The zero-order valence-electron chi connectivity index (χ0n) is 12.2. The van der Waals surface area contributed by atoms with Crippen LogP contribution in [0.25, 0.3) is 5.57 Å². The molecule has 0 amide bonds. The third-order valence-corrected chi connectivity index (χ3v) is 6.02. The van der Waals surface area contributed by atoms with Crippen LogP contribution in [0.2, 0.25) is 0 Å². The molecular weight excluding hydrogens is 250 g/mol. The number of nitrogens with zero attached hydrogens (tertiary/aromatic N) is 1. The highest BCUT2D eigenvalue weighted by Gasteiger charge is 2.38. The second kappa shape index (κ2) is 4.99. The van der Waals surface area contributed by atoms with Gasteiger partial charge in [-0.25, -0.2) is 0 Å². The summed E-state index contributed by atoms with van der Waals surface area (Å²) in [6, 6.07) is 9.00. The Labute approximate surface area is 121 Å². The average Bonchev–Trinajstić information content (AvgIpc) is 2.78. The van der Waals surface area contributed by atoms with Crippen molar-refractivity contribution in [1.82, 2.24) is 4.90 Å². The molecule has 0 spiro atoms. The fraction of sp³-hybridized carbons (Fsp3) is 0.529. The lowest BCUT2D eigenvalue weighted by atomic mass is 9.90. The first-order valence-electron chi connectivity index (χ1n) is 7.20. The average molecular weight is 273 g/mol. The van der Waals surface area contributed by atoms with Crippen molar-refractivity contribution in [2.45, 2.75) is 30.9 Å². The third-order valence-electron chi connectivity index (χ3n) is 4.52. The molecule has 1 aliphatic carbocycles. The van der Waals surface area contributed by atoms with E-state index in [1.165, 1.54) is 37.1 Å². The van der Waals surface area contributed by atoms with Crippen LogP contribution in [-0.2, 0) is 6.42 Å². The number of fused-ring (bicyclic) bond motifs is 2. The molecular formula is C17H23NS. The van der Waals surface area contributed by atoms with E-state index >= 15 is 0 Å². The number of rotatable bonds is 3. The molecule has 0 bridgehead atoms. The summed E-state index contributed by atoms with van der Waals surface area (Å²) in [5, 5.41) is 0. The van der Waals surface area contributed by atoms with Gasteiger partial charge in [-0.2, -0.15) is 11.8 Å². The number of hydrogen-bond acceptors (Lipinski definition) is 2. The van der Waals surface area contributed by atoms with Gasteiger partial charge < -0.3 is 4.90 Å². The van der Waals surface area contributed by atoms with E-state index in [9.17, 15) is 0 Å². The third kappa shape index (κ3) is 2.36. The van der Waals surface area contributed by atoms with Gasteiger partial charge in [-0.1, -0.05) is 24.3 Å². The van der Waals surface area contributed by atoms with Crippen molar-refractivity contribution < 1.29 is 0 Å². The minimum Gasteiger partial charge on any atom is -0.309 e. The Morgan fingerprint density at radius 3 is 2.84 bits per heavy atom. The van der Waals surface area contributed by atoms with Gasteiger partial charge in [-0.15, -0.1) is 0 Å². The first-order valence-corrected chi connectivity index (χ1v) is 8.18. The second-order valence-electron chi connectivity index (χ2n) is 6.17. The number of hydrogen-bond donors (Lipinski definition) is 0. The van der Waals surface area contributed by atoms with Crippen LogP contribution in [0, 0.1) is 0 Å². The van der Waals surface area contributed by atoms with Crippen LogP contribution < -0.4 is 0 Å². The van der Waals surface area contributed by atoms with Crippen molar-refractivity contribution in [3.05, 3.63) is 41.0 Å². The van der Waals surface area contributed by atoms with Crippen LogP contribution >= 0.6 is 11.8 Å². The summed E-state index contributed by atoms with van der Waals surface area (Å²) in [7, 11) is 4.35. The van der Waals surface area contributed by atoms with Crippen LogP contribution in [0.3, 0.4) is 0 Å². The molecule has 1 unspecified atom stereocenters. The molecule has 1 nitrogen and oxygen atoms in total. The van der Waals surface area contributed by atoms with E-state index in [0.29, 0.717) is 4.75 Å². The van der Waals surface area contributed by atoms with Crippen LogP contribution in [0.1, 0.15) is 30.9 Å². The molecule has 1 atom stereocenters. The van der Waals surface area contributed by atoms with Crippen molar-refractivity contribution >= 4 is 17.3 Å². The smallest absolute Gasteiger partial charge is 0.0361 e. The maximum absolute atomic E-state index is 2.46. The number of thioether (sulfide) groups is 1. The maximum atomic E-state index is 2.46. The van der Waals surface area contributed by atoms with Gasteiger partial charge in [0, 0.05) is 4.75 Å². The van der Waals surface area contributed by atoms with Crippen LogP contribution in [0.5, 0.6) is 0 Å². The Morgan fingerprint density at radius 2 is 2.05 bits per heavy atom. The van der Waals surface area contributed by atoms with Crippen molar-refractivity contribution in [1.29, 1.82) is 0 Å². The zero-order valence-corrected chi connectivity index (χ0v) is 13.0. The molecule has 2 aliphatic rings. The highest BCUT2D eigenvalue weighted by molar-refractivity contribution is 8.00. The van der Waals surface area contributed by atoms with Crippen molar-refractivity contribution in [2.24, 2.45) is 0 Å². The first kappa shape index (κ1) is 13.3. The summed E-state index contributed by atoms with van der Waals surface area (Å²) in [4.78, 5) is 2.31. The Bertz CT molecular complexity index is 518. The molecule has 0 fully saturated rings. The van der Waals surface area contributed by atoms with Crippen molar-refractivity contribution in [3.8, 4) is 0 Å². The summed E-state index contributed by atoms with van der Waals surface area (Å²) in [6.07, 6.45) is 3.70. The zero-order chi connectivity index (χ0) is 13.5. The Kier molecular flexibility index (Phi) is 3.48. The predicted molar refractivity (Wildman–Crippen MR) is 85.7 cm³/mol.